The van der Waals surface area contributed by atoms with Gasteiger partial charge in [0.1, 0.15) is 0 Å². The SMILES string of the molecule is COC(=O)N1CCN(C(=O)CC23CC4CC(CC(C4)C2)C3)CC1. The van der Waals surface area contributed by atoms with Crippen molar-refractivity contribution in [2.45, 2.75) is 44.9 Å². The summed E-state index contributed by atoms with van der Waals surface area (Å²) in [6.45, 7) is 2.50. The van der Waals surface area contributed by atoms with E-state index in [4.69, 9.17) is 4.74 Å². The highest BCUT2D eigenvalue weighted by molar-refractivity contribution is 5.77. The molecule has 5 aliphatic rings. The van der Waals surface area contributed by atoms with Crippen molar-refractivity contribution in [3.8, 4) is 0 Å². The van der Waals surface area contributed by atoms with Gasteiger partial charge in [0.2, 0.25) is 5.91 Å². The first-order valence-electron chi connectivity index (χ1n) is 9.17. The van der Waals surface area contributed by atoms with Crippen molar-refractivity contribution in [3.63, 3.8) is 0 Å². The molecule has 4 bridgehead atoms. The lowest BCUT2D eigenvalue weighted by molar-refractivity contribution is -0.141. The second kappa shape index (κ2) is 5.67. The minimum Gasteiger partial charge on any atom is -0.453 e. The molecule has 4 aliphatic carbocycles. The van der Waals surface area contributed by atoms with Gasteiger partial charge < -0.3 is 14.5 Å². The van der Waals surface area contributed by atoms with Crippen molar-refractivity contribution < 1.29 is 14.3 Å². The van der Waals surface area contributed by atoms with Crippen LogP contribution >= 0.6 is 0 Å². The standard InChI is InChI=1S/C18H28N2O3/c1-23-17(22)20-4-2-19(3-5-20)16(21)12-18-9-13-6-14(10-18)8-15(7-13)11-18/h13-15H,2-12H2,1H3. The van der Waals surface area contributed by atoms with Crippen LogP contribution in [0.3, 0.4) is 0 Å². The van der Waals surface area contributed by atoms with Gasteiger partial charge in [0, 0.05) is 32.6 Å². The molecule has 5 heteroatoms. The predicted molar refractivity (Wildman–Crippen MR) is 85.8 cm³/mol. The second-order valence-corrected chi connectivity index (χ2v) is 8.43. The number of nitrogens with zero attached hydrogens (tertiary/aromatic N) is 2. The highest BCUT2D eigenvalue weighted by Crippen LogP contribution is 2.61. The Morgan fingerprint density at radius 1 is 0.913 bits per heavy atom. The molecule has 0 spiro atoms. The molecule has 0 aromatic rings. The Morgan fingerprint density at radius 3 is 1.87 bits per heavy atom. The molecule has 0 atom stereocenters. The summed E-state index contributed by atoms with van der Waals surface area (Å²) in [4.78, 5) is 28.0. The van der Waals surface area contributed by atoms with Crippen LogP contribution in [0.15, 0.2) is 0 Å². The molecule has 23 heavy (non-hydrogen) atoms. The van der Waals surface area contributed by atoms with E-state index in [1.165, 1.54) is 45.6 Å². The first-order valence-corrected chi connectivity index (χ1v) is 9.17. The van der Waals surface area contributed by atoms with E-state index >= 15 is 0 Å². The summed E-state index contributed by atoms with van der Waals surface area (Å²) in [5.41, 5.74) is 0.311. The maximum absolute atomic E-state index is 12.8. The van der Waals surface area contributed by atoms with Crippen LogP contribution in [0.25, 0.3) is 0 Å². The molecule has 128 valence electrons. The van der Waals surface area contributed by atoms with Crippen LogP contribution in [0.1, 0.15) is 44.9 Å². The third-order valence-electron chi connectivity index (χ3n) is 6.76. The molecular weight excluding hydrogens is 292 g/mol. The number of hydrogen-bond donors (Lipinski definition) is 0. The van der Waals surface area contributed by atoms with Crippen molar-refractivity contribution in [2.24, 2.45) is 23.2 Å². The zero-order valence-corrected chi connectivity index (χ0v) is 14.1. The fourth-order valence-electron chi connectivity index (χ4n) is 6.21. The van der Waals surface area contributed by atoms with E-state index in [0.29, 0.717) is 37.5 Å². The number of ether oxygens (including phenoxy) is 1. The molecular formula is C18H28N2O3. The molecule has 0 aromatic heterocycles. The van der Waals surface area contributed by atoms with E-state index in [1.54, 1.807) is 4.90 Å². The highest BCUT2D eigenvalue weighted by atomic mass is 16.5. The monoisotopic (exact) mass is 320 g/mol. The number of carbonyl (C=O) groups is 2. The lowest BCUT2D eigenvalue weighted by atomic mass is 9.49. The highest BCUT2D eigenvalue weighted by Gasteiger charge is 2.51. The van der Waals surface area contributed by atoms with Crippen molar-refractivity contribution in [3.05, 3.63) is 0 Å². The summed E-state index contributed by atoms with van der Waals surface area (Å²) in [5.74, 6) is 3.00. The van der Waals surface area contributed by atoms with Crippen LogP contribution in [-0.4, -0.2) is 55.1 Å². The van der Waals surface area contributed by atoms with Crippen molar-refractivity contribution in [2.75, 3.05) is 33.3 Å². The maximum Gasteiger partial charge on any atom is 0.409 e. The average molecular weight is 320 g/mol. The molecule has 4 saturated carbocycles. The first kappa shape index (κ1) is 15.3. The summed E-state index contributed by atoms with van der Waals surface area (Å²) < 4.78 is 4.76. The zero-order chi connectivity index (χ0) is 16.0. The van der Waals surface area contributed by atoms with Gasteiger partial charge in [-0.2, -0.15) is 0 Å². The molecule has 0 N–H and O–H groups in total. The van der Waals surface area contributed by atoms with Gasteiger partial charge in [-0.3, -0.25) is 4.79 Å². The van der Waals surface area contributed by atoms with Crippen LogP contribution in [0.2, 0.25) is 0 Å². The summed E-state index contributed by atoms with van der Waals surface area (Å²) in [6.07, 6.45) is 8.58. The third kappa shape index (κ3) is 2.83. The van der Waals surface area contributed by atoms with Gasteiger partial charge in [0.25, 0.3) is 0 Å². The Kier molecular flexibility index (Phi) is 3.77. The average Bonchev–Trinajstić information content (AvgIpc) is 2.52. The fraction of sp³-hybridized carbons (Fsp3) is 0.889. The molecule has 5 fully saturated rings. The number of piperazine rings is 1. The van der Waals surface area contributed by atoms with Gasteiger partial charge in [-0.05, 0) is 61.7 Å². The van der Waals surface area contributed by atoms with Gasteiger partial charge in [0.05, 0.1) is 7.11 Å². The maximum atomic E-state index is 12.8. The van der Waals surface area contributed by atoms with E-state index in [9.17, 15) is 9.59 Å². The van der Waals surface area contributed by atoms with Gasteiger partial charge >= 0.3 is 6.09 Å². The molecule has 5 rings (SSSR count). The molecule has 1 aliphatic heterocycles. The Bertz CT molecular complexity index is 461. The van der Waals surface area contributed by atoms with Crippen molar-refractivity contribution >= 4 is 12.0 Å². The largest absolute Gasteiger partial charge is 0.453 e. The summed E-state index contributed by atoms with van der Waals surface area (Å²) >= 11 is 0. The number of rotatable bonds is 2. The smallest absolute Gasteiger partial charge is 0.409 e. The summed E-state index contributed by atoms with van der Waals surface area (Å²) in [6, 6.07) is 0. The quantitative estimate of drug-likeness (QED) is 0.785. The molecule has 0 unspecified atom stereocenters. The van der Waals surface area contributed by atoms with Crippen LogP contribution in [0, 0.1) is 23.2 Å². The van der Waals surface area contributed by atoms with Crippen LogP contribution < -0.4 is 0 Å². The van der Waals surface area contributed by atoms with Gasteiger partial charge in [-0.1, -0.05) is 0 Å². The molecule has 1 saturated heterocycles. The first-order chi connectivity index (χ1) is 11.1. The van der Waals surface area contributed by atoms with Crippen molar-refractivity contribution in [1.29, 1.82) is 0 Å². The predicted octanol–water partition coefficient (Wildman–Crippen LogP) is 2.50. The second-order valence-electron chi connectivity index (χ2n) is 8.43. The molecule has 1 heterocycles. The van der Waals surface area contributed by atoms with Crippen molar-refractivity contribution in [1.82, 2.24) is 9.80 Å². The van der Waals surface area contributed by atoms with E-state index in [2.05, 4.69) is 0 Å². The lowest BCUT2D eigenvalue weighted by Gasteiger charge is -2.57. The third-order valence-corrected chi connectivity index (χ3v) is 6.76. The molecule has 5 nitrogen and oxygen atoms in total. The summed E-state index contributed by atoms with van der Waals surface area (Å²) in [7, 11) is 1.41. The van der Waals surface area contributed by atoms with Gasteiger partial charge in [0.15, 0.2) is 0 Å². The zero-order valence-electron chi connectivity index (χ0n) is 14.1. The van der Waals surface area contributed by atoms with E-state index in [-0.39, 0.29) is 6.09 Å². The minimum atomic E-state index is -0.279. The number of carbonyl (C=O) groups excluding carboxylic acids is 2. The van der Waals surface area contributed by atoms with Gasteiger partial charge in [-0.25, -0.2) is 4.79 Å². The Balaban J connectivity index is 1.35. The summed E-state index contributed by atoms with van der Waals surface area (Å²) in [5, 5.41) is 0. The molecule has 0 radical (unpaired) electrons. The Hall–Kier alpha value is -1.26. The van der Waals surface area contributed by atoms with E-state index in [0.717, 1.165) is 24.2 Å². The van der Waals surface area contributed by atoms with Crippen LogP contribution in [0.5, 0.6) is 0 Å². The van der Waals surface area contributed by atoms with Crippen LogP contribution in [-0.2, 0) is 9.53 Å². The number of methoxy groups -OCH3 is 1. The number of hydrogen-bond acceptors (Lipinski definition) is 3. The topological polar surface area (TPSA) is 49.9 Å². The van der Waals surface area contributed by atoms with Crippen LogP contribution in [0.4, 0.5) is 4.79 Å². The number of amides is 2. The Morgan fingerprint density at radius 2 is 1.39 bits per heavy atom. The Labute approximate surface area is 138 Å². The van der Waals surface area contributed by atoms with E-state index in [1.807, 2.05) is 4.90 Å². The molecule has 2 amide bonds. The van der Waals surface area contributed by atoms with E-state index < -0.39 is 0 Å². The molecule has 0 aromatic carbocycles. The minimum absolute atomic E-state index is 0.279. The lowest BCUT2D eigenvalue weighted by Crippen LogP contribution is -2.53. The van der Waals surface area contributed by atoms with Gasteiger partial charge in [-0.15, -0.1) is 0 Å². The normalized spacial score (nSPS) is 38.7. The fourth-order valence-corrected chi connectivity index (χ4v) is 6.21.